The van der Waals surface area contributed by atoms with Crippen LogP contribution in [0.15, 0.2) is 18.2 Å². The molecule has 106 valence electrons. The summed E-state index contributed by atoms with van der Waals surface area (Å²) in [5.74, 6) is -1.08. The minimum Gasteiger partial charge on any atom is -0.377 e. The fraction of sp³-hybridized carbons (Fsp3) is 0.500. The average molecular weight is 308 g/mol. The first kappa shape index (κ1) is 14.7. The molecular formula is C12H15ClFNO3S. The highest BCUT2D eigenvalue weighted by molar-refractivity contribution is 7.88. The predicted octanol–water partition coefficient (Wildman–Crippen LogP) is 2.08. The third-order valence-electron chi connectivity index (χ3n) is 2.95. The average Bonchev–Trinajstić information content (AvgIpc) is 2.85. The summed E-state index contributed by atoms with van der Waals surface area (Å²) in [5.41, 5.74) is -0.0102. The number of ether oxygens (including phenoxy) is 1. The highest BCUT2D eigenvalue weighted by Crippen LogP contribution is 2.21. The Morgan fingerprint density at radius 1 is 1.47 bits per heavy atom. The lowest BCUT2D eigenvalue weighted by Crippen LogP contribution is -2.32. The highest BCUT2D eigenvalue weighted by atomic mass is 35.5. The molecule has 1 aromatic carbocycles. The highest BCUT2D eigenvalue weighted by Gasteiger charge is 2.21. The molecular weight excluding hydrogens is 293 g/mol. The van der Waals surface area contributed by atoms with Crippen molar-refractivity contribution in [1.82, 2.24) is 4.72 Å². The zero-order valence-corrected chi connectivity index (χ0v) is 11.8. The quantitative estimate of drug-likeness (QED) is 0.906. The van der Waals surface area contributed by atoms with Crippen LogP contribution < -0.4 is 4.72 Å². The van der Waals surface area contributed by atoms with Crippen molar-refractivity contribution in [2.75, 3.05) is 13.2 Å². The molecule has 19 heavy (non-hydrogen) atoms. The summed E-state index contributed by atoms with van der Waals surface area (Å²) < 4.78 is 45.0. The van der Waals surface area contributed by atoms with Crippen molar-refractivity contribution in [2.45, 2.75) is 24.7 Å². The van der Waals surface area contributed by atoms with Crippen LogP contribution in [-0.2, 0) is 20.5 Å². The van der Waals surface area contributed by atoms with E-state index in [1.54, 1.807) is 0 Å². The standard InChI is InChI=1S/C12H15ClFNO3S/c13-11-4-1-5-12(14)10(11)8-19(16,17)15-7-9-3-2-6-18-9/h1,4-5,9,15H,2-3,6-8H2/t9-/m0/s1. The van der Waals surface area contributed by atoms with Gasteiger partial charge in [0, 0.05) is 23.7 Å². The Morgan fingerprint density at radius 3 is 2.89 bits per heavy atom. The topological polar surface area (TPSA) is 55.4 Å². The van der Waals surface area contributed by atoms with Crippen LogP contribution in [0.4, 0.5) is 4.39 Å². The molecule has 0 radical (unpaired) electrons. The van der Waals surface area contributed by atoms with Crippen molar-refractivity contribution < 1.29 is 17.5 Å². The van der Waals surface area contributed by atoms with Crippen LogP contribution in [-0.4, -0.2) is 27.7 Å². The number of nitrogens with one attached hydrogen (secondary N) is 1. The van der Waals surface area contributed by atoms with Gasteiger partial charge in [-0.25, -0.2) is 17.5 Å². The van der Waals surface area contributed by atoms with Crippen LogP contribution in [0, 0.1) is 5.82 Å². The van der Waals surface area contributed by atoms with E-state index in [2.05, 4.69) is 4.72 Å². The van der Waals surface area contributed by atoms with Gasteiger partial charge in [-0.15, -0.1) is 0 Å². The van der Waals surface area contributed by atoms with Gasteiger partial charge in [-0.2, -0.15) is 0 Å². The van der Waals surface area contributed by atoms with Gasteiger partial charge in [0.1, 0.15) is 5.82 Å². The van der Waals surface area contributed by atoms with Gasteiger partial charge in [0.15, 0.2) is 0 Å². The van der Waals surface area contributed by atoms with Crippen LogP contribution >= 0.6 is 11.6 Å². The maximum absolute atomic E-state index is 13.5. The molecule has 0 saturated carbocycles. The van der Waals surface area contributed by atoms with Crippen LogP contribution in [0.5, 0.6) is 0 Å². The molecule has 1 fully saturated rings. The van der Waals surface area contributed by atoms with Gasteiger partial charge < -0.3 is 4.74 Å². The molecule has 1 aliphatic rings. The van der Waals surface area contributed by atoms with Crippen LogP contribution in [0.1, 0.15) is 18.4 Å². The van der Waals surface area contributed by atoms with Crippen molar-refractivity contribution >= 4 is 21.6 Å². The van der Waals surface area contributed by atoms with E-state index in [1.807, 2.05) is 0 Å². The van der Waals surface area contributed by atoms with E-state index in [-0.39, 0.29) is 23.2 Å². The molecule has 0 unspecified atom stereocenters. The molecule has 1 heterocycles. The number of rotatable bonds is 5. The summed E-state index contributed by atoms with van der Waals surface area (Å²) >= 11 is 5.81. The summed E-state index contributed by atoms with van der Waals surface area (Å²) in [5, 5.41) is 0.113. The van der Waals surface area contributed by atoms with Crippen molar-refractivity contribution in [3.05, 3.63) is 34.6 Å². The number of hydrogen-bond acceptors (Lipinski definition) is 3. The maximum atomic E-state index is 13.5. The summed E-state index contributed by atoms with van der Waals surface area (Å²) in [6, 6.07) is 4.10. The van der Waals surface area contributed by atoms with E-state index in [1.165, 1.54) is 18.2 Å². The second kappa shape index (κ2) is 6.17. The van der Waals surface area contributed by atoms with Crippen molar-refractivity contribution in [3.63, 3.8) is 0 Å². The number of benzene rings is 1. The Bertz CT molecular complexity index is 524. The van der Waals surface area contributed by atoms with Gasteiger partial charge in [-0.05, 0) is 25.0 Å². The van der Waals surface area contributed by atoms with Gasteiger partial charge >= 0.3 is 0 Å². The molecule has 1 aromatic rings. The molecule has 1 aliphatic heterocycles. The fourth-order valence-corrected chi connectivity index (χ4v) is 3.46. The lowest BCUT2D eigenvalue weighted by Gasteiger charge is -2.12. The molecule has 0 amide bonds. The second-order valence-electron chi connectivity index (χ2n) is 4.44. The van der Waals surface area contributed by atoms with Crippen LogP contribution in [0.25, 0.3) is 0 Å². The van der Waals surface area contributed by atoms with E-state index < -0.39 is 21.6 Å². The molecule has 1 N–H and O–H groups in total. The zero-order chi connectivity index (χ0) is 13.9. The first-order valence-corrected chi connectivity index (χ1v) is 8.03. The largest absolute Gasteiger partial charge is 0.377 e. The Hall–Kier alpha value is -0.690. The normalized spacial score (nSPS) is 19.8. The Kier molecular flexibility index (Phi) is 4.78. The Labute approximate surface area is 117 Å². The van der Waals surface area contributed by atoms with Crippen molar-refractivity contribution in [2.24, 2.45) is 0 Å². The van der Waals surface area contributed by atoms with E-state index in [0.717, 1.165) is 12.8 Å². The monoisotopic (exact) mass is 307 g/mol. The van der Waals surface area contributed by atoms with Crippen molar-refractivity contribution in [3.8, 4) is 0 Å². The molecule has 1 atom stereocenters. The smallest absolute Gasteiger partial charge is 0.216 e. The molecule has 1 saturated heterocycles. The molecule has 0 aromatic heterocycles. The van der Waals surface area contributed by atoms with Gasteiger partial charge in [-0.3, -0.25) is 0 Å². The van der Waals surface area contributed by atoms with Crippen molar-refractivity contribution in [1.29, 1.82) is 0 Å². The number of hydrogen-bond donors (Lipinski definition) is 1. The first-order chi connectivity index (χ1) is 8.98. The lowest BCUT2D eigenvalue weighted by atomic mass is 10.2. The summed E-state index contributed by atoms with van der Waals surface area (Å²) in [6.07, 6.45) is 1.68. The van der Waals surface area contributed by atoms with Gasteiger partial charge in [0.05, 0.1) is 11.9 Å². The van der Waals surface area contributed by atoms with Gasteiger partial charge in [-0.1, -0.05) is 17.7 Å². The third kappa shape index (κ3) is 4.14. The molecule has 4 nitrogen and oxygen atoms in total. The predicted molar refractivity (Wildman–Crippen MR) is 71.0 cm³/mol. The van der Waals surface area contributed by atoms with E-state index >= 15 is 0 Å². The molecule has 0 aliphatic carbocycles. The summed E-state index contributed by atoms with van der Waals surface area (Å²) in [6.45, 7) is 0.875. The van der Waals surface area contributed by atoms with Crippen LogP contribution in [0.2, 0.25) is 5.02 Å². The molecule has 2 rings (SSSR count). The first-order valence-electron chi connectivity index (χ1n) is 6.00. The Morgan fingerprint density at radius 2 is 2.26 bits per heavy atom. The second-order valence-corrected chi connectivity index (χ2v) is 6.66. The lowest BCUT2D eigenvalue weighted by molar-refractivity contribution is 0.114. The molecule has 7 heteroatoms. The van der Waals surface area contributed by atoms with E-state index in [0.29, 0.717) is 6.61 Å². The summed E-state index contributed by atoms with van der Waals surface area (Å²) in [7, 11) is -3.62. The minimum absolute atomic E-state index is 0.0102. The summed E-state index contributed by atoms with van der Waals surface area (Å²) in [4.78, 5) is 0. The number of sulfonamides is 1. The SMILES string of the molecule is O=S(=O)(Cc1c(F)cccc1Cl)NC[C@@H]1CCCO1. The Balaban J connectivity index is 2.00. The van der Waals surface area contributed by atoms with E-state index in [4.69, 9.17) is 16.3 Å². The molecule has 0 spiro atoms. The van der Waals surface area contributed by atoms with Crippen LogP contribution in [0.3, 0.4) is 0 Å². The fourth-order valence-electron chi connectivity index (χ4n) is 1.94. The molecule has 0 bridgehead atoms. The zero-order valence-electron chi connectivity index (χ0n) is 10.2. The minimum atomic E-state index is -3.62. The van der Waals surface area contributed by atoms with E-state index in [9.17, 15) is 12.8 Å². The van der Waals surface area contributed by atoms with Gasteiger partial charge in [0.25, 0.3) is 0 Å². The number of halogens is 2. The maximum Gasteiger partial charge on any atom is 0.216 e. The third-order valence-corrected chi connectivity index (χ3v) is 4.58. The van der Waals surface area contributed by atoms with Gasteiger partial charge in [0.2, 0.25) is 10.0 Å².